The third kappa shape index (κ3) is 4.23. The molecule has 0 aliphatic carbocycles. The maximum Gasteiger partial charge on any atom is 0.408 e. The van der Waals surface area contributed by atoms with E-state index in [-0.39, 0.29) is 6.04 Å². The Hall–Kier alpha value is -3.91. The van der Waals surface area contributed by atoms with Crippen LogP contribution in [-0.2, 0) is 4.74 Å². The van der Waals surface area contributed by atoms with Gasteiger partial charge in [0.1, 0.15) is 11.5 Å². The molecular weight excluding hydrogens is 378 g/mol. The standard InChI is InChI=1S/C25H21NO4/c1-28-21-10-4-7-18(15-21)13-12-17-6-3-8-19(14-17)23-24(30-25(27)26-23)20-9-5-11-22(16-20)29-2/h3-11,14-16,23-24H,1-2H3,(H,26,27). The van der Waals surface area contributed by atoms with Gasteiger partial charge in [-0.05, 0) is 53.6 Å². The van der Waals surface area contributed by atoms with E-state index in [0.29, 0.717) is 5.75 Å². The van der Waals surface area contributed by atoms with Gasteiger partial charge in [-0.15, -0.1) is 0 Å². The van der Waals surface area contributed by atoms with E-state index in [4.69, 9.17) is 14.2 Å². The van der Waals surface area contributed by atoms with Crippen LogP contribution in [0.25, 0.3) is 0 Å². The molecule has 0 radical (unpaired) electrons. The van der Waals surface area contributed by atoms with Gasteiger partial charge in [0.2, 0.25) is 0 Å². The molecule has 2 atom stereocenters. The molecule has 1 aliphatic rings. The number of amides is 1. The maximum absolute atomic E-state index is 12.0. The number of benzene rings is 3. The molecule has 30 heavy (non-hydrogen) atoms. The lowest BCUT2D eigenvalue weighted by Crippen LogP contribution is -2.19. The Kier molecular flexibility index (Phi) is 5.58. The van der Waals surface area contributed by atoms with Crippen LogP contribution in [0.15, 0.2) is 72.8 Å². The van der Waals surface area contributed by atoms with Crippen LogP contribution in [0.3, 0.4) is 0 Å². The number of alkyl carbamates (subject to hydrolysis) is 1. The molecule has 4 rings (SSSR count). The number of carbonyl (C=O) groups excluding carboxylic acids is 1. The van der Waals surface area contributed by atoms with Gasteiger partial charge in [-0.3, -0.25) is 0 Å². The summed E-state index contributed by atoms with van der Waals surface area (Å²) >= 11 is 0. The molecule has 5 heteroatoms. The Balaban J connectivity index is 1.62. The minimum absolute atomic E-state index is 0.317. The van der Waals surface area contributed by atoms with Crippen molar-refractivity contribution in [3.8, 4) is 23.3 Å². The number of hydrogen-bond donors (Lipinski definition) is 1. The molecule has 1 N–H and O–H groups in total. The van der Waals surface area contributed by atoms with Gasteiger partial charge in [0.25, 0.3) is 0 Å². The largest absolute Gasteiger partial charge is 0.497 e. The van der Waals surface area contributed by atoms with Crippen LogP contribution < -0.4 is 14.8 Å². The summed E-state index contributed by atoms with van der Waals surface area (Å²) in [6, 6.07) is 22.6. The number of methoxy groups -OCH3 is 2. The highest BCUT2D eigenvalue weighted by atomic mass is 16.6. The zero-order chi connectivity index (χ0) is 20.9. The summed E-state index contributed by atoms with van der Waals surface area (Å²) in [5.74, 6) is 7.82. The number of hydrogen-bond acceptors (Lipinski definition) is 4. The molecule has 1 amide bonds. The number of rotatable bonds is 4. The summed E-state index contributed by atoms with van der Waals surface area (Å²) in [4.78, 5) is 12.0. The van der Waals surface area contributed by atoms with Crippen molar-refractivity contribution in [1.82, 2.24) is 5.32 Å². The number of cyclic esters (lactones) is 1. The van der Waals surface area contributed by atoms with E-state index >= 15 is 0 Å². The van der Waals surface area contributed by atoms with E-state index in [1.165, 1.54) is 0 Å². The van der Waals surface area contributed by atoms with Gasteiger partial charge in [-0.2, -0.15) is 0 Å². The first-order valence-corrected chi connectivity index (χ1v) is 9.53. The molecular formula is C25H21NO4. The molecule has 0 spiro atoms. The zero-order valence-corrected chi connectivity index (χ0v) is 16.7. The Morgan fingerprint density at radius 1 is 0.800 bits per heavy atom. The lowest BCUT2D eigenvalue weighted by Gasteiger charge is -2.18. The summed E-state index contributed by atoms with van der Waals surface area (Å²) in [6.45, 7) is 0. The predicted octanol–water partition coefficient (Wildman–Crippen LogP) is 4.63. The SMILES string of the molecule is COc1cccc(C#Cc2cccc(C3NC(=O)OC3c3cccc(OC)c3)c2)c1. The van der Waals surface area contributed by atoms with E-state index in [1.54, 1.807) is 14.2 Å². The van der Waals surface area contributed by atoms with Crippen LogP contribution in [0.1, 0.15) is 34.4 Å². The number of nitrogens with one attached hydrogen (secondary N) is 1. The molecule has 0 saturated carbocycles. The second kappa shape index (κ2) is 8.62. The minimum Gasteiger partial charge on any atom is -0.497 e. The molecule has 0 bridgehead atoms. The fraction of sp³-hybridized carbons (Fsp3) is 0.160. The molecule has 0 aromatic heterocycles. The van der Waals surface area contributed by atoms with Gasteiger partial charge >= 0.3 is 6.09 Å². The molecule has 1 saturated heterocycles. The Morgan fingerprint density at radius 3 is 2.13 bits per heavy atom. The Labute approximate surface area is 175 Å². The summed E-state index contributed by atoms with van der Waals surface area (Å²) in [7, 11) is 3.24. The fourth-order valence-corrected chi connectivity index (χ4v) is 3.41. The summed E-state index contributed by atoms with van der Waals surface area (Å²) in [5, 5.41) is 2.91. The van der Waals surface area contributed by atoms with Crippen molar-refractivity contribution in [2.75, 3.05) is 14.2 Å². The first-order chi connectivity index (χ1) is 14.7. The highest BCUT2D eigenvalue weighted by Crippen LogP contribution is 2.37. The maximum atomic E-state index is 12.0. The first-order valence-electron chi connectivity index (χ1n) is 9.53. The second-order valence-electron chi connectivity index (χ2n) is 6.83. The fourth-order valence-electron chi connectivity index (χ4n) is 3.41. The molecule has 1 aliphatic heterocycles. The van der Waals surface area contributed by atoms with Gasteiger partial charge in [-0.25, -0.2) is 4.79 Å². The summed E-state index contributed by atoms with van der Waals surface area (Å²) in [5.41, 5.74) is 3.50. The Bertz CT molecular complexity index is 1130. The highest BCUT2D eigenvalue weighted by molar-refractivity contribution is 5.71. The molecule has 2 unspecified atom stereocenters. The van der Waals surface area contributed by atoms with Crippen LogP contribution in [0, 0.1) is 11.8 Å². The minimum atomic E-state index is -0.450. The molecule has 3 aromatic carbocycles. The molecule has 1 heterocycles. The van der Waals surface area contributed by atoms with Crippen molar-refractivity contribution in [3.63, 3.8) is 0 Å². The van der Waals surface area contributed by atoms with Crippen LogP contribution >= 0.6 is 0 Å². The van der Waals surface area contributed by atoms with Crippen LogP contribution in [-0.4, -0.2) is 20.3 Å². The Morgan fingerprint density at radius 2 is 1.40 bits per heavy atom. The van der Waals surface area contributed by atoms with Crippen LogP contribution in [0.2, 0.25) is 0 Å². The van der Waals surface area contributed by atoms with E-state index in [2.05, 4.69) is 17.2 Å². The smallest absolute Gasteiger partial charge is 0.408 e. The molecule has 5 nitrogen and oxygen atoms in total. The number of carbonyl (C=O) groups is 1. The topological polar surface area (TPSA) is 56.8 Å². The predicted molar refractivity (Wildman–Crippen MR) is 114 cm³/mol. The van der Waals surface area contributed by atoms with Crippen molar-refractivity contribution >= 4 is 6.09 Å². The zero-order valence-electron chi connectivity index (χ0n) is 16.7. The van der Waals surface area contributed by atoms with Gasteiger partial charge in [0, 0.05) is 11.1 Å². The van der Waals surface area contributed by atoms with Crippen LogP contribution in [0.5, 0.6) is 11.5 Å². The van der Waals surface area contributed by atoms with Crippen molar-refractivity contribution in [2.24, 2.45) is 0 Å². The summed E-state index contributed by atoms with van der Waals surface area (Å²) < 4.78 is 16.1. The third-order valence-electron chi connectivity index (χ3n) is 4.90. The van der Waals surface area contributed by atoms with E-state index in [1.807, 2.05) is 72.8 Å². The normalized spacial score (nSPS) is 17.3. The molecule has 3 aromatic rings. The first kappa shape index (κ1) is 19.4. The molecule has 150 valence electrons. The van der Waals surface area contributed by atoms with E-state index < -0.39 is 12.2 Å². The number of ether oxygens (including phenoxy) is 3. The average molecular weight is 399 g/mol. The monoisotopic (exact) mass is 399 g/mol. The molecule has 1 fully saturated rings. The van der Waals surface area contributed by atoms with Gasteiger partial charge in [-0.1, -0.05) is 42.2 Å². The van der Waals surface area contributed by atoms with E-state index in [9.17, 15) is 4.79 Å². The highest BCUT2D eigenvalue weighted by Gasteiger charge is 2.36. The van der Waals surface area contributed by atoms with Gasteiger partial charge < -0.3 is 19.5 Å². The second-order valence-corrected chi connectivity index (χ2v) is 6.83. The lowest BCUT2D eigenvalue weighted by atomic mass is 9.95. The summed E-state index contributed by atoms with van der Waals surface area (Å²) in [6.07, 6.45) is -0.894. The van der Waals surface area contributed by atoms with Crippen molar-refractivity contribution in [1.29, 1.82) is 0 Å². The van der Waals surface area contributed by atoms with Gasteiger partial charge in [0.05, 0.1) is 20.3 Å². The van der Waals surface area contributed by atoms with E-state index in [0.717, 1.165) is 28.0 Å². The van der Waals surface area contributed by atoms with Gasteiger partial charge in [0.15, 0.2) is 6.10 Å². The average Bonchev–Trinajstić information content (AvgIpc) is 3.20. The third-order valence-corrected chi connectivity index (χ3v) is 4.90. The van der Waals surface area contributed by atoms with Crippen molar-refractivity contribution in [3.05, 3.63) is 95.1 Å². The van der Waals surface area contributed by atoms with Crippen LogP contribution in [0.4, 0.5) is 4.79 Å². The van der Waals surface area contributed by atoms with Crippen molar-refractivity contribution in [2.45, 2.75) is 12.1 Å². The lowest BCUT2D eigenvalue weighted by molar-refractivity contribution is 0.132. The van der Waals surface area contributed by atoms with Crippen molar-refractivity contribution < 1.29 is 19.0 Å². The quantitative estimate of drug-likeness (QED) is 0.650.